The number of nitrogens with two attached hydrogens (primary N) is 1. The van der Waals surface area contributed by atoms with Crippen LogP contribution in [0.25, 0.3) is 10.9 Å². The summed E-state index contributed by atoms with van der Waals surface area (Å²) in [6.45, 7) is 0. The van der Waals surface area contributed by atoms with E-state index >= 15 is 0 Å². The molecule has 6 nitrogen and oxygen atoms in total. The summed E-state index contributed by atoms with van der Waals surface area (Å²) in [5.74, 6) is 1.02. The Hall–Kier alpha value is -3.02. The predicted molar refractivity (Wildman–Crippen MR) is 79.8 cm³/mol. The van der Waals surface area contributed by atoms with Gasteiger partial charge in [-0.1, -0.05) is 12.1 Å². The number of ether oxygens (including phenoxy) is 2. The Labute approximate surface area is 120 Å². The normalized spacial score (nSPS) is 10.5. The van der Waals surface area contributed by atoms with E-state index in [1.807, 2.05) is 6.07 Å². The van der Waals surface area contributed by atoms with Gasteiger partial charge in [-0.15, -0.1) is 0 Å². The SMILES string of the molecule is COc1ccccc1Oc1nc2ccc(N)cc2c(=O)[nH]1. The summed E-state index contributed by atoms with van der Waals surface area (Å²) < 4.78 is 10.8. The first-order valence-corrected chi connectivity index (χ1v) is 6.28. The Kier molecular flexibility index (Phi) is 3.19. The number of hydrogen-bond acceptors (Lipinski definition) is 5. The largest absolute Gasteiger partial charge is 0.493 e. The zero-order chi connectivity index (χ0) is 14.8. The van der Waals surface area contributed by atoms with Crippen LogP contribution in [0.3, 0.4) is 0 Å². The van der Waals surface area contributed by atoms with Gasteiger partial charge in [0, 0.05) is 5.69 Å². The third-order valence-corrected chi connectivity index (χ3v) is 2.98. The van der Waals surface area contributed by atoms with Crippen LogP contribution in [0.4, 0.5) is 5.69 Å². The van der Waals surface area contributed by atoms with Crippen LogP contribution in [-0.2, 0) is 0 Å². The fourth-order valence-corrected chi connectivity index (χ4v) is 1.99. The zero-order valence-corrected chi connectivity index (χ0v) is 11.3. The van der Waals surface area contributed by atoms with Gasteiger partial charge in [0.2, 0.25) is 0 Å². The monoisotopic (exact) mass is 283 g/mol. The Morgan fingerprint density at radius 3 is 2.67 bits per heavy atom. The van der Waals surface area contributed by atoms with Gasteiger partial charge < -0.3 is 15.2 Å². The lowest BCUT2D eigenvalue weighted by molar-refractivity contribution is 0.368. The number of anilines is 1. The smallest absolute Gasteiger partial charge is 0.302 e. The molecule has 0 aliphatic carbocycles. The molecule has 0 fully saturated rings. The van der Waals surface area contributed by atoms with Gasteiger partial charge in [-0.25, -0.2) is 0 Å². The van der Waals surface area contributed by atoms with Crippen LogP contribution in [0.15, 0.2) is 47.3 Å². The number of para-hydroxylation sites is 2. The van der Waals surface area contributed by atoms with Crippen molar-refractivity contribution in [3.8, 4) is 17.5 Å². The van der Waals surface area contributed by atoms with Crippen molar-refractivity contribution in [2.24, 2.45) is 0 Å². The van der Waals surface area contributed by atoms with E-state index in [9.17, 15) is 4.79 Å². The van der Waals surface area contributed by atoms with Crippen molar-refractivity contribution in [2.45, 2.75) is 0 Å². The van der Waals surface area contributed by atoms with Crippen molar-refractivity contribution in [3.05, 3.63) is 52.8 Å². The molecule has 106 valence electrons. The van der Waals surface area contributed by atoms with E-state index in [2.05, 4.69) is 9.97 Å². The molecule has 3 N–H and O–H groups in total. The highest BCUT2D eigenvalue weighted by molar-refractivity contribution is 5.81. The standard InChI is InChI=1S/C15H13N3O3/c1-20-12-4-2-3-5-13(12)21-15-17-11-7-6-9(16)8-10(11)14(19)18-15/h2-8H,16H2,1H3,(H,17,18,19). The molecule has 3 aromatic rings. The summed E-state index contributed by atoms with van der Waals surface area (Å²) in [4.78, 5) is 18.9. The van der Waals surface area contributed by atoms with Crippen LogP contribution in [0, 0.1) is 0 Å². The average Bonchev–Trinajstić information content (AvgIpc) is 2.49. The van der Waals surface area contributed by atoms with Gasteiger partial charge in [0.05, 0.1) is 18.0 Å². The van der Waals surface area contributed by atoms with E-state index in [1.165, 1.54) is 0 Å². The van der Waals surface area contributed by atoms with E-state index in [0.717, 1.165) is 0 Å². The molecule has 0 aliphatic heterocycles. The molecule has 0 atom stereocenters. The first-order chi connectivity index (χ1) is 10.2. The summed E-state index contributed by atoms with van der Waals surface area (Å²) >= 11 is 0. The number of H-pyrrole nitrogens is 1. The molecule has 0 unspecified atom stereocenters. The summed E-state index contributed by atoms with van der Waals surface area (Å²) in [6, 6.07) is 12.1. The summed E-state index contributed by atoms with van der Waals surface area (Å²) in [5, 5.41) is 0.419. The number of fused-ring (bicyclic) bond motifs is 1. The summed E-state index contributed by atoms with van der Waals surface area (Å²) in [7, 11) is 1.54. The van der Waals surface area contributed by atoms with Crippen LogP contribution in [0.2, 0.25) is 0 Å². The number of aromatic amines is 1. The molecule has 0 aliphatic rings. The van der Waals surface area contributed by atoms with Crippen molar-refractivity contribution in [2.75, 3.05) is 12.8 Å². The lowest BCUT2D eigenvalue weighted by Gasteiger charge is -2.09. The van der Waals surface area contributed by atoms with Crippen molar-refractivity contribution in [1.82, 2.24) is 9.97 Å². The number of methoxy groups -OCH3 is 1. The van der Waals surface area contributed by atoms with E-state index in [0.29, 0.717) is 28.1 Å². The highest BCUT2D eigenvalue weighted by Crippen LogP contribution is 2.29. The first kappa shape index (κ1) is 13.0. The highest BCUT2D eigenvalue weighted by Gasteiger charge is 2.09. The number of nitrogen functional groups attached to an aromatic ring is 1. The minimum absolute atomic E-state index is 0.0989. The second-order valence-electron chi connectivity index (χ2n) is 4.40. The van der Waals surface area contributed by atoms with Gasteiger partial charge in [-0.2, -0.15) is 4.98 Å². The van der Waals surface area contributed by atoms with Crippen LogP contribution in [-0.4, -0.2) is 17.1 Å². The molecule has 0 spiro atoms. The van der Waals surface area contributed by atoms with Crippen LogP contribution < -0.4 is 20.8 Å². The lowest BCUT2D eigenvalue weighted by Crippen LogP contribution is -2.10. The number of nitrogens with one attached hydrogen (secondary N) is 1. The maximum Gasteiger partial charge on any atom is 0.302 e. The molecule has 21 heavy (non-hydrogen) atoms. The van der Waals surface area contributed by atoms with Gasteiger partial charge in [-0.3, -0.25) is 9.78 Å². The molecule has 3 rings (SSSR count). The van der Waals surface area contributed by atoms with Crippen molar-refractivity contribution in [1.29, 1.82) is 0 Å². The predicted octanol–water partition coefficient (Wildman–Crippen LogP) is 2.31. The van der Waals surface area contributed by atoms with Crippen molar-refractivity contribution >= 4 is 16.6 Å². The highest BCUT2D eigenvalue weighted by atomic mass is 16.5. The minimum Gasteiger partial charge on any atom is -0.493 e. The van der Waals surface area contributed by atoms with E-state index in [-0.39, 0.29) is 11.6 Å². The second kappa shape index (κ2) is 5.16. The summed E-state index contributed by atoms with van der Waals surface area (Å²) in [5.41, 5.74) is 6.38. The van der Waals surface area contributed by atoms with Crippen molar-refractivity contribution in [3.63, 3.8) is 0 Å². The molecule has 6 heteroatoms. The lowest BCUT2D eigenvalue weighted by atomic mass is 10.2. The number of aromatic nitrogens is 2. The molecule has 1 aromatic heterocycles. The van der Waals surface area contributed by atoms with E-state index in [1.54, 1.807) is 43.5 Å². The average molecular weight is 283 g/mol. The van der Waals surface area contributed by atoms with Gasteiger partial charge in [0.25, 0.3) is 5.56 Å². The van der Waals surface area contributed by atoms with Gasteiger partial charge in [-0.05, 0) is 30.3 Å². The molecule has 0 bridgehead atoms. The maximum absolute atomic E-state index is 12.0. The quantitative estimate of drug-likeness (QED) is 0.720. The molecule has 0 radical (unpaired) electrons. The fraction of sp³-hybridized carbons (Fsp3) is 0.0667. The Morgan fingerprint density at radius 1 is 1.14 bits per heavy atom. The molecule has 0 saturated heterocycles. The van der Waals surface area contributed by atoms with Crippen molar-refractivity contribution < 1.29 is 9.47 Å². The minimum atomic E-state index is -0.308. The number of benzene rings is 2. The molecule has 0 saturated carbocycles. The van der Waals surface area contributed by atoms with Gasteiger partial charge in [0.15, 0.2) is 11.5 Å². The third-order valence-electron chi connectivity index (χ3n) is 2.98. The van der Waals surface area contributed by atoms with Crippen LogP contribution >= 0.6 is 0 Å². The van der Waals surface area contributed by atoms with Gasteiger partial charge >= 0.3 is 6.01 Å². The molecular formula is C15H13N3O3. The number of rotatable bonds is 3. The van der Waals surface area contributed by atoms with Crippen LogP contribution in [0.1, 0.15) is 0 Å². The van der Waals surface area contributed by atoms with E-state index in [4.69, 9.17) is 15.2 Å². The fourth-order valence-electron chi connectivity index (χ4n) is 1.99. The maximum atomic E-state index is 12.0. The Bertz CT molecular complexity index is 858. The number of hydrogen-bond donors (Lipinski definition) is 2. The number of nitrogens with zero attached hydrogens (tertiary/aromatic N) is 1. The molecule has 1 heterocycles. The topological polar surface area (TPSA) is 90.2 Å². The zero-order valence-electron chi connectivity index (χ0n) is 11.3. The first-order valence-electron chi connectivity index (χ1n) is 6.28. The Morgan fingerprint density at radius 2 is 1.90 bits per heavy atom. The van der Waals surface area contributed by atoms with E-state index < -0.39 is 0 Å². The molecule has 0 amide bonds. The molecule has 2 aromatic carbocycles. The molecular weight excluding hydrogens is 270 g/mol. The third kappa shape index (κ3) is 2.51. The van der Waals surface area contributed by atoms with Gasteiger partial charge in [0.1, 0.15) is 0 Å². The Balaban J connectivity index is 2.05. The second-order valence-corrected chi connectivity index (χ2v) is 4.40. The summed E-state index contributed by atoms with van der Waals surface area (Å²) in [6.07, 6.45) is 0. The van der Waals surface area contributed by atoms with Crippen LogP contribution in [0.5, 0.6) is 17.5 Å².